The molecule has 3 nitrogen and oxygen atoms in total. The van der Waals surface area contributed by atoms with E-state index in [4.69, 9.17) is 5.73 Å². The Hall–Kier alpha value is -0.570. The van der Waals surface area contributed by atoms with Crippen molar-refractivity contribution in [3.05, 3.63) is 0 Å². The van der Waals surface area contributed by atoms with Crippen LogP contribution in [-0.2, 0) is 4.79 Å². The fourth-order valence-electron chi connectivity index (χ4n) is 3.28. The second-order valence-corrected chi connectivity index (χ2v) is 5.57. The molecule has 0 aromatic carbocycles. The zero-order valence-electron chi connectivity index (χ0n) is 9.70. The molecule has 0 aliphatic heterocycles. The first kappa shape index (κ1) is 10.9. The van der Waals surface area contributed by atoms with Crippen LogP contribution in [0, 0.1) is 17.8 Å². The Labute approximate surface area is 91.8 Å². The van der Waals surface area contributed by atoms with Gasteiger partial charge >= 0.3 is 0 Å². The summed E-state index contributed by atoms with van der Waals surface area (Å²) in [6.45, 7) is 4.10. The van der Waals surface area contributed by atoms with Gasteiger partial charge in [-0.05, 0) is 37.0 Å². The molecule has 0 saturated heterocycles. The molecule has 2 saturated carbocycles. The second kappa shape index (κ2) is 4.12. The molecule has 2 rings (SSSR count). The van der Waals surface area contributed by atoms with Crippen molar-refractivity contribution >= 4 is 5.91 Å². The number of carbonyl (C=O) groups is 1. The highest BCUT2D eigenvalue weighted by Gasteiger charge is 2.40. The van der Waals surface area contributed by atoms with Gasteiger partial charge in [-0.25, -0.2) is 0 Å². The molecule has 3 N–H and O–H groups in total. The van der Waals surface area contributed by atoms with E-state index in [1.54, 1.807) is 0 Å². The van der Waals surface area contributed by atoms with Crippen LogP contribution < -0.4 is 11.1 Å². The van der Waals surface area contributed by atoms with Crippen molar-refractivity contribution in [2.45, 2.75) is 51.6 Å². The Morgan fingerprint density at radius 2 is 2.07 bits per heavy atom. The number of nitrogens with one attached hydrogen (secondary N) is 1. The van der Waals surface area contributed by atoms with Crippen molar-refractivity contribution in [1.29, 1.82) is 0 Å². The van der Waals surface area contributed by atoms with Crippen LogP contribution in [0.1, 0.15) is 39.5 Å². The van der Waals surface area contributed by atoms with Crippen molar-refractivity contribution in [3.63, 3.8) is 0 Å². The topological polar surface area (TPSA) is 55.1 Å². The molecule has 0 aromatic heterocycles. The molecule has 0 radical (unpaired) electrons. The van der Waals surface area contributed by atoms with Crippen LogP contribution in [0.2, 0.25) is 0 Å². The summed E-state index contributed by atoms with van der Waals surface area (Å²) < 4.78 is 0. The standard InChI is InChI=1S/C12H22N2O/c1-7(2)11(12(13)15)14-10-6-8-3-4-9(10)5-8/h7-11,14H,3-6H2,1-2H3,(H2,13,15). The van der Waals surface area contributed by atoms with Crippen molar-refractivity contribution in [2.75, 3.05) is 0 Å². The van der Waals surface area contributed by atoms with Crippen molar-refractivity contribution in [2.24, 2.45) is 23.5 Å². The molecule has 3 heteroatoms. The van der Waals surface area contributed by atoms with Gasteiger partial charge in [-0.15, -0.1) is 0 Å². The van der Waals surface area contributed by atoms with E-state index in [1.165, 1.54) is 25.7 Å². The van der Waals surface area contributed by atoms with Crippen LogP contribution in [-0.4, -0.2) is 18.0 Å². The Morgan fingerprint density at radius 3 is 2.47 bits per heavy atom. The number of nitrogens with two attached hydrogens (primary N) is 1. The third kappa shape index (κ3) is 2.17. The lowest BCUT2D eigenvalue weighted by Gasteiger charge is -2.29. The predicted molar refractivity (Wildman–Crippen MR) is 60.2 cm³/mol. The molecule has 2 aliphatic rings. The van der Waals surface area contributed by atoms with Gasteiger partial charge in [0.2, 0.25) is 5.91 Å². The van der Waals surface area contributed by atoms with Gasteiger partial charge in [-0.2, -0.15) is 0 Å². The third-order valence-electron chi connectivity index (χ3n) is 4.10. The smallest absolute Gasteiger partial charge is 0.234 e. The molecule has 0 spiro atoms. The number of rotatable bonds is 4. The van der Waals surface area contributed by atoms with E-state index in [-0.39, 0.29) is 11.9 Å². The highest BCUT2D eigenvalue weighted by Crippen LogP contribution is 2.44. The number of fused-ring (bicyclic) bond motifs is 2. The van der Waals surface area contributed by atoms with Crippen LogP contribution in [0.5, 0.6) is 0 Å². The maximum atomic E-state index is 11.3. The largest absolute Gasteiger partial charge is 0.368 e. The minimum absolute atomic E-state index is 0.144. The van der Waals surface area contributed by atoms with Crippen LogP contribution in [0.25, 0.3) is 0 Å². The summed E-state index contributed by atoms with van der Waals surface area (Å²) in [5.41, 5.74) is 5.41. The molecule has 15 heavy (non-hydrogen) atoms. The molecule has 86 valence electrons. The van der Waals surface area contributed by atoms with Crippen molar-refractivity contribution in [1.82, 2.24) is 5.32 Å². The lowest BCUT2D eigenvalue weighted by molar-refractivity contribution is -0.121. The lowest BCUT2D eigenvalue weighted by atomic mass is 9.93. The van der Waals surface area contributed by atoms with Gasteiger partial charge in [-0.3, -0.25) is 4.79 Å². The summed E-state index contributed by atoms with van der Waals surface area (Å²) in [5.74, 6) is 1.80. The van der Waals surface area contributed by atoms with E-state index in [9.17, 15) is 4.79 Å². The minimum atomic E-state index is -0.201. The summed E-state index contributed by atoms with van der Waals surface area (Å²) in [6, 6.07) is 0.401. The monoisotopic (exact) mass is 210 g/mol. The maximum Gasteiger partial charge on any atom is 0.234 e. The number of hydrogen-bond donors (Lipinski definition) is 2. The molecule has 2 fully saturated rings. The molecule has 4 atom stereocenters. The van der Waals surface area contributed by atoms with Crippen molar-refractivity contribution in [3.8, 4) is 0 Å². The van der Waals surface area contributed by atoms with Crippen molar-refractivity contribution < 1.29 is 4.79 Å². The third-order valence-corrected chi connectivity index (χ3v) is 4.10. The molecule has 1 amide bonds. The van der Waals surface area contributed by atoms with Crippen LogP contribution >= 0.6 is 0 Å². The summed E-state index contributed by atoms with van der Waals surface area (Å²) in [7, 11) is 0. The Kier molecular flexibility index (Phi) is 3.01. The average Bonchev–Trinajstić information content (AvgIpc) is 2.73. The van der Waals surface area contributed by atoms with Gasteiger partial charge in [0.25, 0.3) is 0 Å². The molecule has 2 bridgehead atoms. The normalized spacial score (nSPS) is 36.1. The number of hydrogen-bond acceptors (Lipinski definition) is 2. The number of carbonyl (C=O) groups excluding carboxylic acids is 1. The van der Waals surface area contributed by atoms with E-state index in [2.05, 4.69) is 19.2 Å². The van der Waals surface area contributed by atoms with Crippen LogP contribution in [0.3, 0.4) is 0 Å². The molecule has 2 aliphatic carbocycles. The molecule has 4 unspecified atom stereocenters. The van der Waals surface area contributed by atoms with Crippen LogP contribution in [0.4, 0.5) is 0 Å². The SMILES string of the molecule is CC(C)C(NC1CC2CCC1C2)C(N)=O. The van der Waals surface area contributed by atoms with Gasteiger partial charge in [-0.1, -0.05) is 20.3 Å². The molecule has 0 heterocycles. The van der Waals surface area contributed by atoms with Gasteiger partial charge in [0.05, 0.1) is 6.04 Å². The zero-order valence-corrected chi connectivity index (χ0v) is 9.70. The van der Waals surface area contributed by atoms with E-state index in [1.807, 2.05) is 0 Å². The van der Waals surface area contributed by atoms with Gasteiger partial charge < -0.3 is 11.1 Å². The van der Waals surface area contributed by atoms with Gasteiger partial charge in [0.1, 0.15) is 0 Å². The molecular weight excluding hydrogens is 188 g/mol. The lowest BCUT2D eigenvalue weighted by Crippen LogP contribution is -2.50. The number of primary amides is 1. The zero-order chi connectivity index (χ0) is 11.0. The van der Waals surface area contributed by atoms with E-state index in [0.717, 1.165) is 11.8 Å². The first-order valence-electron chi connectivity index (χ1n) is 6.13. The summed E-state index contributed by atoms with van der Waals surface area (Å²) >= 11 is 0. The highest BCUT2D eigenvalue weighted by atomic mass is 16.1. The van der Waals surface area contributed by atoms with Crippen LogP contribution in [0.15, 0.2) is 0 Å². The summed E-state index contributed by atoms with van der Waals surface area (Å²) in [6.07, 6.45) is 5.35. The molecule has 0 aromatic rings. The molecular formula is C12H22N2O. The Morgan fingerprint density at radius 1 is 1.33 bits per heavy atom. The average molecular weight is 210 g/mol. The Balaban J connectivity index is 1.92. The number of amides is 1. The van der Waals surface area contributed by atoms with E-state index >= 15 is 0 Å². The predicted octanol–water partition coefficient (Wildman–Crippen LogP) is 1.27. The fourth-order valence-corrected chi connectivity index (χ4v) is 3.28. The first-order chi connectivity index (χ1) is 7.08. The minimum Gasteiger partial charge on any atom is -0.368 e. The summed E-state index contributed by atoms with van der Waals surface area (Å²) in [4.78, 5) is 11.3. The Bertz CT molecular complexity index is 252. The quantitative estimate of drug-likeness (QED) is 0.734. The van der Waals surface area contributed by atoms with Gasteiger partial charge in [0, 0.05) is 6.04 Å². The fraction of sp³-hybridized carbons (Fsp3) is 0.917. The summed E-state index contributed by atoms with van der Waals surface area (Å²) in [5, 5.41) is 3.47. The van der Waals surface area contributed by atoms with Gasteiger partial charge in [0.15, 0.2) is 0 Å². The first-order valence-corrected chi connectivity index (χ1v) is 6.13. The maximum absolute atomic E-state index is 11.3. The highest BCUT2D eigenvalue weighted by molar-refractivity contribution is 5.80. The second-order valence-electron chi connectivity index (χ2n) is 5.57. The van der Waals surface area contributed by atoms with E-state index < -0.39 is 0 Å². The van der Waals surface area contributed by atoms with E-state index in [0.29, 0.717) is 12.0 Å².